The van der Waals surface area contributed by atoms with Crippen LogP contribution in [-0.2, 0) is 19.7 Å². The fourth-order valence-corrected chi connectivity index (χ4v) is 4.79. The molecule has 0 spiro atoms. The van der Waals surface area contributed by atoms with Crippen molar-refractivity contribution in [2.24, 2.45) is 5.73 Å². The van der Waals surface area contributed by atoms with Gasteiger partial charge in [0.05, 0.1) is 17.7 Å². The molecule has 1 saturated heterocycles. The molecule has 6 unspecified atom stereocenters. The third-order valence-electron chi connectivity index (χ3n) is 6.84. The Hall–Kier alpha value is -3.29. The van der Waals surface area contributed by atoms with Crippen LogP contribution in [0.15, 0.2) is 23.1 Å². The number of carbonyl (C=O) groups is 3. The average Bonchev–Trinajstić information content (AvgIpc) is 3.10. The number of nitrogens with two attached hydrogens (primary N) is 1. The third kappa shape index (κ3) is 3.44. The number of Topliss-reactive ketones (excluding diaryl/α,β-unsaturated/α-hetero) is 2. The molecule has 194 valence electrons. The van der Waals surface area contributed by atoms with Crippen molar-refractivity contribution in [1.82, 2.24) is 0 Å². The number of ether oxygens (including phenoxy) is 3. The molecule has 12 heteroatoms. The van der Waals surface area contributed by atoms with Gasteiger partial charge in [-0.1, -0.05) is 0 Å². The number of aliphatic hydroxyl groups is 4. The Bertz CT molecular complexity index is 1240. The molecule has 4 rings (SSSR count). The Morgan fingerprint density at radius 1 is 1.17 bits per heavy atom. The van der Waals surface area contributed by atoms with Crippen LogP contribution < -0.4 is 15.2 Å². The van der Waals surface area contributed by atoms with Gasteiger partial charge in [-0.2, -0.15) is 0 Å². The second kappa shape index (κ2) is 8.68. The molecule has 3 aliphatic rings. The minimum absolute atomic E-state index is 0.0134. The molecular formula is C24H27NO11. The Morgan fingerprint density at radius 2 is 1.81 bits per heavy atom. The molecule has 12 nitrogen and oxygen atoms in total. The van der Waals surface area contributed by atoms with Gasteiger partial charge < -0.3 is 45.5 Å². The molecule has 6 atom stereocenters. The van der Waals surface area contributed by atoms with E-state index in [1.807, 2.05) is 0 Å². The minimum Gasteiger partial charge on any atom is -0.507 e. The van der Waals surface area contributed by atoms with Gasteiger partial charge in [0.1, 0.15) is 58.4 Å². The molecule has 0 radical (unpaired) electrons. The lowest BCUT2D eigenvalue weighted by molar-refractivity contribution is -0.277. The van der Waals surface area contributed by atoms with E-state index in [0.29, 0.717) is 0 Å². The Kier molecular flexibility index (Phi) is 6.22. The van der Waals surface area contributed by atoms with Crippen LogP contribution in [0.5, 0.6) is 17.2 Å². The molecule has 1 fully saturated rings. The molecule has 2 aliphatic heterocycles. The van der Waals surface area contributed by atoms with Crippen molar-refractivity contribution in [3.63, 3.8) is 0 Å². The average molecular weight is 505 g/mol. The fourth-order valence-electron chi connectivity index (χ4n) is 4.79. The van der Waals surface area contributed by atoms with Crippen LogP contribution >= 0.6 is 0 Å². The van der Waals surface area contributed by atoms with Crippen molar-refractivity contribution in [2.75, 3.05) is 6.61 Å². The standard InChI is InChI=1S/C24H27NO11/c1-7-16(29)15-21(35-12-5-10(28)13(8(2)25)22(33)24(12,15)4)14(9(3)27)20(7)36-23-19(32)18(31)17(30)11(6-26)34-23/h5,11,17-19,23,26,29-32H,6,25H2,1-4H3/b13-8-. The SMILES string of the molecule is CC(=O)c1c(OC2OC(CO)C(O)C(O)C2O)c(C)c(O)c2c1OC1=CC(=O)/C(=C(\C)N)C(=O)C12C. The van der Waals surface area contributed by atoms with E-state index < -0.39 is 65.8 Å². The molecule has 7 N–H and O–H groups in total. The monoisotopic (exact) mass is 505 g/mol. The van der Waals surface area contributed by atoms with Crippen molar-refractivity contribution in [1.29, 1.82) is 0 Å². The maximum atomic E-state index is 13.4. The second-order valence-electron chi connectivity index (χ2n) is 9.24. The summed E-state index contributed by atoms with van der Waals surface area (Å²) in [7, 11) is 0. The van der Waals surface area contributed by atoms with E-state index in [9.17, 15) is 39.9 Å². The summed E-state index contributed by atoms with van der Waals surface area (Å²) >= 11 is 0. The molecule has 1 aliphatic carbocycles. The first-order valence-corrected chi connectivity index (χ1v) is 11.1. The summed E-state index contributed by atoms with van der Waals surface area (Å²) < 4.78 is 16.9. The summed E-state index contributed by atoms with van der Waals surface area (Å²) in [5.74, 6) is -3.10. The van der Waals surface area contributed by atoms with Gasteiger partial charge in [-0.3, -0.25) is 14.4 Å². The highest BCUT2D eigenvalue weighted by atomic mass is 16.7. The van der Waals surface area contributed by atoms with Crippen LogP contribution in [0.3, 0.4) is 0 Å². The fraction of sp³-hybridized carbons (Fsp3) is 0.458. The molecule has 1 aromatic carbocycles. The number of aromatic hydroxyl groups is 1. The van der Waals surface area contributed by atoms with Gasteiger partial charge in [0, 0.05) is 17.3 Å². The normalized spacial score (nSPS) is 32.9. The third-order valence-corrected chi connectivity index (χ3v) is 6.84. The summed E-state index contributed by atoms with van der Waals surface area (Å²) in [6, 6.07) is 0. The Balaban J connectivity index is 1.90. The first-order valence-electron chi connectivity index (χ1n) is 11.1. The molecule has 0 amide bonds. The quantitative estimate of drug-likeness (QED) is 0.166. The number of fused-ring (bicyclic) bond motifs is 3. The summed E-state index contributed by atoms with van der Waals surface area (Å²) in [5.41, 5.74) is 3.53. The Morgan fingerprint density at radius 3 is 2.36 bits per heavy atom. The van der Waals surface area contributed by atoms with Gasteiger partial charge in [-0.05, 0) is 27.7 Å². The first-order chi connectivity index (χ1) is 16.8. The van der Waals surface area contributed by atoms with Crippen molar-refractivity contribution in [3.05, 3.63) is 39.8 Å². The molecule has 0 aromatic heterocycles. The van der Waals surface area contributed by atoms with Gasteiger partial charge >= 0.3 is 0 Å². The molecule has 1 aromatic rings. The summed E-state index contributed by atoms with van der Waals surface area (Å²) in [5, 5.41) is 51.1. The van der Waals surface area contributed by atoms with E-state index in [-0.39, 0.29) is 45.2 Å². The summed E-state index contributed by atoms with van der Waals surface area (Å²) in [6.45, 7) is 4.69. The van der Waals surface area contributed by atoms with Crippen LogP contribution in [0.25, 0.3) is 0 Å². The topological polar surface area (TPSA) is 206 Å². The van der Waals surface area contributed by atoms with Crippen LogP contribution in [0.2, 0.25) is 0 Å². The molecule has 36 heavy (non-hydrogen) atoms. The predicted octanol–water partition coefficient (Wildman–Crippen LogP) is -1.000. The predicted molar refractivity (Wildman–Crippen MR) is 120 cm³/mol. The first kappa shape index (κ1) is 25.8. The smallest absolute Gasteiger partial charge is 0.229 e. The van der Waals surface area contributed by atoms with E-state index in [1.165, 1.54) is 27.7 Å². The van der Waals surface area contributed by atoms with Gasteiger partial charge in [0.2, 0.25) is 6.29 Å². The number of benzene rings is 1. The Labute approximate surface area is 205 Å². The minimum atomic E-state index is -1.79. The van der Waals surface area contributed by atoms with Crippen LogP contribution in [0.1, 0.15) is 42.3 Å². The summed E-state index contributed by atoms with van der Waals surface area (Å²) in [6.07, 6.45) is -7.05. The maximum Gasteiger partial charge on any atom is 0.229 e. The van der Waals surface area contributed by atoms with E-state index in [4.69, 9.17) is 19.9 Å². The van der Waals surface area contributed by atoms with Crippen molar-refractivity contribution in [3.8, 4) is 17.2 Å². The van der Waals surface area contributed by atoms with Crippen LogP contribution in [0.4, 0.5) is 0 Å². The van der Waals surface area contributed by atoms with Gasteiger partial charge in [-0.15, -0.1) is 0 Å². The molecule has 0 saturated carbocycles. The van der Waals surface area contributed by atoms with E-state index >= 15 is 0 Å². The number of phenolic OH excluding ortho intramolecular Hbond substituents is 1. The van der Waals surface area contributed by atoms with E-state index in [2.05, 4.69) is 0 Å². The zero-order valence-electron chi connectivity index (χ0n) is 19.9. The van der Waals surface area contributed by atoms with Crippen molar-refractivity contribution < 1.29 is 54.1 Å². The lowest BCUT2D eigenvalue weighted by Gasteiger charge is -2.40. The highest BCUT2D eigenvalue weighted by molar-refractivity contribution is 6.31. The number of rotatable bonds is 4. The largest absolute Gasteiger partial charge is 0.507 e. The van der Waals surface area contributed by atoms with Gasteiger partial charge in [-0.25, -0.2) is 0 Å². The van der Waals surface area contributed by atoms with E-state index in [1.54, 1.807) is 0 Å². The zero-order valence-corrected chi connectivity index (χ0v) is 19.9. The summed E-state index contributed by atoms with van der Waals surface area (Å²) in [4.78, 5) is 38.8. The highest BCUT2D eigenvalue weighted by Gasteiger charge is 2.56. The lowest BCUT2D eigenvalue weighted by Crippen LogP contribution is -2.60. The van der Waals surface area contributed by atoms with Crippen molar-refractivity contribution in [2.45, 2.75) is 63.8 Å². The molecular weight excluding hydrogens is 478 g/mol. The number of aliphatic hydroxyl groups excluding tert-OH is 4. The number of hydrogen-bond donors (Lipinski definition) is 6. The van der Waals surface area contributed by atoms with E-state index in [0.717, 1.165) is 6.08 Å². The number of allylic oxidation sites excluding steroid dienone is 4. The van der Waals surface area contributed by atoms with Crippen LogP contribution in [-0.4, -0.2) is 80.2 Å². The zero-order chi connectivity index (χ0) is 26.9. The van der Waals surface area contributed by atoms with Crippen LogP contribution in [0, 0.1) is 6.92 Å². The number of ketones is 3. The second-order valence-corrected chi connectivity index (χ2v) is 9.24. The van der Waals surface area contributed by atoms with Crippen molar-refractivity contribution >= 4 is 17.3 Å². The highest BCUT2D eigenvalue weighted by Crippen LogP contribution is 2.58. The van der Waals surface area contributed by atoms with Gasteiger partial charge in [0.25, 0.3) is 0 Å². The number of hydrogen-bond acceptors (Lipinski definition) is 12. The number of carbonyl (C=O) groups excluding carboxylic acids is 3. The number of phenols is 1. The molecule has 2 heterocycles. The maximum absolute atomic E-state index is 13.4. The van der Waals surface area contributed by atoms with Gasteiger partial charge in [0.15, 0.2) is 17.3 Å². The lowest BCUT2D eigenvalue weighted by atomic mass is 9.70. The molecule has 0 bridgehead atoms.